The fourth-order valence-electron chi connectivity index (χ4n) is 3.94. The lowest BCUT2D eigenvalue weighted by Gasteiger charge is -2.19. The zero-order chi connectivity index (χ0) is 26.4. The van der Waals surface area contributed by atoms with Crippen LogP contribution in [-0.4, -0.2) is 15.6 Å². The fraction of sp³-hybridized carbons (Fsp3) is 0.344. The molecule has 0 spiro atoms. The molecular formula is C32H43NO2. The van der Waals surface area contributed by atoms with Crippen LogP contribution in [0, 0.1) is 0 Å². The molecule has 2 aromatic rings. The summed E-state index contributed by atoms with van der Waals surface area (Å²) >= 11 is 0. The molecule has 1 aromatic carbocycles. The average Bonchev–Trinajstić information content (AvgIpc) is 3.11. The number of nitrogens with zero attached hydrogens (tertiary/aromatic N) is 1. The van der Waals surface area contributed by atoms with E-state index in [-0.39, 0.29) is 6.42 Å². The summed E-state index contributed by atoms with van der Waals surface area (Å²) in [5, 5.41) is 9.12. The number of carboxylic acid groups (broad SMARTS) is 1. The van der Waals surface area contributed by atoms with Crippen molar-refractivity contribution in [3.05, 3.63) is 96.4 Å². The number of aliphatic carboxylic acids is 1. The Labute approximate surface area is 212 Å². The van der Waals surface area contributed by atoms with Crippen molar-refractivity contribution in [2.24, 2.45) is 0 Å². The number of rotatable bonds is 7. The van der Waals surface area contributed by atoms with Gasteiger partial charge in [0.15, 0.2) is 0 Å². The predicted octanol–water partition coefficient (Wildman–Crippen LogP) is 9.51. The number of benzene rings is 1. The van der Waals surface area contributed by atoms with Crippen molar-refractivity contribution in [2.45, 2.75) is 73.6 Å². The summed E-state index contributed by atoms with van der Waals surface area (Å²) in [5.41, 5.74) is 8.36. The lowest BCUT2D eigenvalue weighted by molar-refractivity contribution is -0.136. The lowest BCUT2D eigenvalue weighted by atomic mass is 9.99. The van der Waals surface area contributed by atoms with Gasteiger partial charge in [-0.3, -0.25) is 4.79 Å². The van der Waals surface area contributed by atoms with E-state index in [0.29, 0.717) is 12.3 Å². The molecule has 0 radical (unpaired) electrons. The van der Waals surface area contributed by atoms with E-state index < -0.39 is 5.97 Å². The molecule has 1 aromatic heterocycles. The van der Waals surface area contributed by atoms with Crippen molar-refractivity contribution in [3.63, 3.8) is 0 Å². The number of hydrogen-bond acceptors (Lipinski definition) is 1. The summed E-state index contributed by atoms with van der Waals surface area (Å²) < 4.78 is 2.36. The molecule has 0 aliphatic heterocycles. The van der Waals surface area contributed by atoms with Gasteiger partial charge in [0, 0.05) is 29.1 Å². The van der Waals surface area contributed by atoms with E-state index >= 15 is 0 Å². The van der Waals surface area contributed by atoms with Crippen molar-refractivity contribution in [1.82, 2.24) is 4.57 Å². The SMILES string of the molecule is C/C=C(\C)c1cc(-c2ccccc2)c(C(C)C)n1C1=CC=CCC(CCC(=O)O)=C1.C=CC.CC. The van der Waals surface area contributed by atoms with Crippen molar-refractivity contribution in [2.75, 3.05) is 0 Å². The van der Waals surface area contributed by atoms with E-state index in [0.717, 1.165) is 17.7 Å². The highest BCUT2D eigenvalue weighted by atomic mass is 16.4. The van der Waals surface area contributed by atoms with Crippen LogP contribution in [0.1, 0.15) is 85.0 Å². The minimum absolute atomic E-state index is 0.158. The van der Waals surface area contributed by atoms with E-state index in [2.05, 4.69) is 99.6 Å². The first kappa shape index (κ1) is 29.7. The van der Waals surface area contributed by atoms with Crippen LogP contribution < -0.4 is 0 Å². The average molecular weight is 474 g/mol. The Kier molecular flexibility index (Phi) is 13.2. The van der Waals surface area contributed by atoms with Crippen molar-refractivity contribution >= 4 is 17.2 Å². The zero-order valence-electron chi connectivity index (χ0n) is 22.6. The number of carbonyl (C=O) groups is 1. The summed E-state index contributed by atoms with van der Waals surface area (Å²) in [6, 6.07) is 12.8. The second-order valence-electron chi connectivity index (χ2n) is 8.48. The predicted molar refractivity (Wildman–Crippen MR) is 153 cm³/mol. The van der Waals surface area contributed by atoms with Crippen LogP contribution in [0.4, 0.5) is 0 Å². The first-order valence-corrected chi connectivity index (χ1v) is 12.6. The third-order valence-electron chi connectivity index (χ3n) is 5.56. The Morgan fingerprint density at radius 1 is 1.17 bits per heavy atom. The van der Waals surface area contributed by atoms with Gasteiger partial charge in [-0.15, -0.1) is 6.58 Å². The molecule has 0 unspecified atom stereocenters. The van der Waals surface area contributed by atoms with Crippen molar-refractivity contribution in [3.8, 4) is 11.1 Å². The maximum absolute atomic E-state index is 11.1. The van der Waals surface area contributed by atoms with Gasteiger partial charge >= 0.3 is 5.97 Å². The van der Waals surface area contributed by atoms with Gasteiger partial charge in [0.2, 0.25) is 0 Å². The molecule has 3 heteroatoms. The minimum Gasteiger partial charge on any atom is -0.481 e. The zero-order valence-corrected chi connectivity index (χ0v) is 22.6. The highest BCUT2D eigenvalue weighted by Crippen LogP contribution is 2.38. The topological polar surface area (TPSA) is 42.2 Å². The number of carboxylic acids is 1. The first-order valence-electron chi connectivity index (χ1n) is 12.6. The van der Waals surface area contributed by atoms with Crippen LogP contribution in [0.2, 0.25) is 0 Å². The second kappa shape index (κ2) is 15.5. The summed E-state index contributed by atoms with van der Waals surface area (Å²) in [6.45, 7) is 17.9. The Morgan fingerprint density at radius 3 is 2.34 bits per heavy atom. The van der Waals surface area contributed by atoms with Gasteiger partial charge in [-0.1, -0.05) is 87.9 Å². The van der Waals surface area contributed by atoms with E-state index in [4.69, 9.17) is 5.11 Å². The third kappa shape index (κ3) is 8.43. The van der Waals surface area contributed by atoms with E-state index in [1.807, 2.05) is 26.8 Å². The fourth-order valence-corrected chi connectivity index (χ4v) is 3.94. The van der Waals surface area contributed by atoms with E-state index in [9.17, 15) is 4.79 Å². The van der Waals surface area contributed by atoms with Gasteiger partial charge in [-0.25, -0.2) is 0 Å². The van der Waals surface area contributed by atoms with Gasteiger partial charge < -0.3 is 9.67 Å². The van der Waals surface area contributed by atoms with Crippen LogP contribution in [0.3, 0.4) is 0 Å². The standard InChI is InChI=1S/C27H31NO2.C3H6.C2H6/c1-5-20(4)25-18-24(22-12-7-6-8-13-22)27(19(2)3)28(25)23-14-10-9-11-21(17-23)15-16-26(29)30;1-3-2;1-2/h5-10,12-14,17-19H,11,15-16H2,1-4H3,(H,29,30);3H,1H2,2H3;1-2H3/b20-5+;;. The second-order valence-corrected chi connectivity index (χ2v) is 8.48. The maximum Gasteiger partial charge on any atom is 0.303 e. The summed E-state index contributed by atoms with van der Waals surface area (Å²) in [6.07, 6.45) is 13.9. The maximum atomic E-state index is 11.1. The molecule has 0 amide bonds. The molecule has 1 aliphatic carbocycles. The minimum atomic E-state index is -0.754. The molecule has 0 saturated heterocycles. The molecule has 0 fully saturated rings. The number of aromatic nitrogens is 1. The van der Waals surface area contributed by atoms with Crippen LogP contribution in [-0.2, 0) is 4.79 Å². The molecule has 0 saturated carbocycles. The third-order valence-corrected chi connectivity index (χ3v) is 5.56. The molecule has 1 aliphatic rings. The highest BCUT2D eigenvalue weighted by molar-refractivity contribution is 5.80. The van der Waals surface area contributed by atoms with E-state index in [1.54, 1.807) is 6.08 Å². The van der Waals surface area contributed by atoms with Gasteiger partial charge in [0.25, 0.3) is 0 Å². The molecule has 3 nitrogen and oxygen atoms in total. The highest BCUT2D eigenvalue weighted by Gasteiger charge is 2.21. The molecule has 0 atom stereocenters. The van der Waals surface area contributed by atoms with Gasteiger partial charge in [0.1, 0.15) is 0 Å². The summed E-state index contributed by atoms with van der Waals surface area (Å²) in [7, 11) is 0. The molecule has 35 heavy (non-hydrogen) atoms. The molecule has 1 N–H and O–H groups in total. The van der Waals surface area contributed by atoms with Gasteiger partial charge in [0.05, 0.1) is 0 Å². The molecular weight excluding hydrogens is 430 g/mol. The molecule has 1 heterocycles. The summed E-state index contributed by atoms with van der Waals surface area (Å²) in [5.74, 6) is -0.432. The first-order chi connectivity index (χ1) is 16.8. The van der Waals surface area contributed by atoms with Crippen LogP contribution in [0.25, 0.3) is 22.4 Å². The Hall–Kier alpha value is -3.33. The van der Waals surface area contributed by atoms with Crippen LogP contribution in [0.15, 0.2) is 85.0 Å². The Morgan fingerprint density at radius 2 is 1.80 bits per heavy atom. The van der Waals surface area contributed by atoms with E-state index in [1.165, 1.54) is 28.1 Å². The number of hydrogen-bond donors (Lipinski definition) is 1. The largest absolute Gasteiger partial charge is 0.481 e. The van der Waals surface area contributed by atoms with Crippen LogP contribution in [0.5, 0.6) is 0 Å². The van der Waals surface area contributed by atoms with Gasteiger partial charge in [-0.2, -0.15) is 0 Å². The molecule has 188 valence electrons. The van der Waals surface area contributed by atoms with Crippen molar-refractivity contribution in [1.29, 1.82) is 0 Å². The van der Waals surface area contributed by atoms with Crippen molar-refractivity contribution < 1.29 is 9.90 Å². The molecule has 0 bridgehead atoms. The number of allylic oxidation sites excluding steroid dienone is 9. The lowest BCUT2D eigenvalue weighted by Crippen LogP contribution is -2.07. The Bertz CT molecular complexity index is 1080. The van der Waals surface area contributed by atoms with Gasteiger partial charge in [-0.05, 0) is 68.9 Å². The smallest absolute Gasteiger partial charge is 0.303 e. The Balaban J connectivity index is 0.00000114. The monoisotopic (exact) mass is 473 g/mol. The van der Waals surface area contributed by atoms with Crippen LogP contribution >= 0.6 is 0 Å². The normalized spacial score (nSPS) is 13.0. The quantitative estimate of drug-likeness (QED) is 0.407. The molecule has 3 rings (SSSR count). The summed E-state index contributed by atoms with van der Waals surface area (Å²) in [4.78, 5) is 11.1.